The summed E-state index contributed by atoms with van der Waals surface area (Å²) in [5.74, 6) is 0.578. The van der Waals surface area contributed by atoms with Crippen molar-refractivity contribution in [1.82, 2.24) is 0 Å². The first-order valence-electron chi connectivity index (χ1n) is 5.87. The molecule has 5 N–H and O–H groups in total. The van der Waals surface area contributed by atoms with Gasteiger partial charge in [-0.25, -0.2) is 0 Å². The van der Waals surface area contributed by atoms with Crippen LogP contribution in [0.3, 0.4) is 0 Å². The van der Waals surface area contributed by atoms with E-state index >= 15 is 0 Å². The highest BCUT2D eigenvalue weighted by Gasteiger charge is 2.26. The molecule has 0 bridgehead atoms. The molecule has 3 atom stereocenters. The molecule has 0 saturated heterocycles. The topological polar surface area (TPSA) is 86.7 Å². The van der Waals surface area contributed by atoms with Crippen molar-refractivity contribution >= 4 is 0 Å². The third kappa shape index (κ3) is 4.07. The fourth-order valence-corrected chi connectivity index (χ4v) is 2.34. The van der Waals surface area contributed by atoms with Crippen molar-refractivity contribution in [1.29, 1.82) is 0 Å². The van der Waals surface area contributed by atoms with Gasteiger partial charge in [-0.1, -0.05) is 32.1 Å². The Morgan fingerprint density at radius 2 is 1.73 bits per heavy atom. The quantitative estimate of drug-likeness (QED) is 0.522. The van der Waals surface area contributed by atoms with Crippen molar-refractivity contribution in [3.8, 4) is 0 Å². The van der Waals surface area contributed by atoms with Gasteiger partial charge < -0.3 is 21.1 Å². The summed E-state index contributed by atoms with van der Waals surface area (Å²) in [6, 6.07) is -0.421. The average molecular weight is 217 g/mol. The van der Waals surface area contributed by atoms with E-state index < -0.39 is 24.9 Å². The Balaban J connectivity index is 2.29. The minimum absolute atomic E-state index is 0.421. The zero-order chi connectivity index (χ0) is 11.3. The molecule has 1 unspecified atom stereocenters. The first kappa shape index (κ1) is 12.9. The maximum Gasteiger partial charge on any atom is 0.104 e. The van der Waals surface area contributed by atoms with Crippen LogP contribution in [0.5, 0.6) is 0 Å². The molecule has 0 spiro atoms. The molecule has 1 aliphatic rings. The molecule has 0 heterocycles. The molecule has 15 heavy (non-hydrogen) atoms. The van der Waals surface area contributed by atoms with Gasteiger partial charge >= 0.3 is 0 Å². The standard InChI is InChI=1S/C11H23NO3/c12-9(11(15)10(14)7-13)6-8-4-2-1-3-5-8/h8-11,13-15H,1-7,12H2/t9-,10?,11+/m0/s1. The second kappa shape index (κ2) is 6.43. The molecular formula is C11H23NO3. The molecule has 0 aliphatic heterocycles. The van der Waals surface area contributed by atoms with Gasteiger partial charge in [-0.2, -0.15) is 0 Å². The first-order valence-corrected chi connectivity index (χ1v) is 5.87. The predicted octanol–water partition coefficient (Wildman–Crippen LogP) is -0.00180. The molecule has 90 valence electrons. The van der Waals surface area contributed by atoms with E-state index in [1.165, 1.54) is 32.1 Å². The molecule has 0 amide bonds. The number of hydrogen-bond donors (Lipinski definition) is 4. The Hall–Kier alpha value is -0.160. The van der Waals surface area contributed by atoms with Gasteiger partial charge in [0.1, 0.15) is 6.10 Å². The second-order valence-electron chi connectivity index (χ2n) is 4.64. The van der Waals surface area contributed by atoms with Crippen molar-refractivity contribution in [3.63, 3.8) is 0 Å². The van der Waals surface area contributed by atoms with Gasteiger partial charge in [-0.15, -0.1) is 0 Å². The second-order valence-corrected chi connectivity index (χ2v) is 4.64. The fraction of sp³-hybridized carbons (Fsp3) is 1.00. The van der Waals surface area contributed by atoms with Crippen LogP contribution >= 0.6 is 0 Å². The van der Waals surface area contributed by atoms with Gasteiger partial charge in [0.2, 0.25) is 0 Å². The van der Waals surface area contributed by atoms with Crippen molar-refractivity contribution < 1.29 is 15.3 Å². The van der Waals surface area contributed by atoms with Crippen LogP contribution in [0.15, 0.2) is 0 Å². The fourth-order valence-electron chi connectivity index (χ4n) is 2.34. The molecule has 4 nitrogen and oxygen atoms in total. The summed E-state index contributed by atoms with van der Waals surface area (Å²) >= 11 is 0. The number of hydrogen-bond acceptors (Lipinski definition) is 4. The van der Waals surface area contributed by atoms with E-state index in [9.17, 15) is 10.2 Å². The highest BCUT2D eigenvalue weighted by atomic mass is 16.4. The molecule has 0 aromatic rings. The summed E-state index contributed by atoms with van der Waals surface area (Å²) < 4.78 is 0. The average Bonchev–Trinajstić information content (AvgIpc) is 2.28. The number of rotatable bonds is 5. The van der Waals surface area contributed by atoms with Crippen LogP contribution in [0, 0.1) is 5.92 Å². The van der Waals surface area contributed by atoms with Gasteiger partial charge in [0.15, 0.2) is 0 Å². The van der Waals surface area contributed by atoms with Gasteiger partial charge in [0.25, 0.3) is 0 Å². The van der Waals surface area contributed by atoms with E-state index in [0.717, 1.165) is 6.42 Å². The van der Waals surface area contributed by atoms with E-state index in [-0.39, 0.29) is 0 Å². The molecular weight excluding hydrogens is 194 g/mol. The lowest BCUT2D eigenvalue weighted by Crippen LogP contribution is -2.45. The summed E-state index contributed by atoms with van der Waals surface area (Å²) in [6.45, 7) is -0.431. The minimum atomic E-state index is -1.11. The molecule has 0 aromatic carbocycles. The highest BCUT2D eigenvalue weighted by molar-refractivity contribution is 4.81. The summed E-state index contributed by atoms with van der Waals surface area (Å²) in [7, 11) is 0. The Bertz CT molecular complexity index is 171. The Labute approximate surface area is 91.1 Å². The molecule has 1 fully saturated rings. The van der Waals surface area contributed by atoms with Crippen molar-refractivity contribution in [2.24, 2.45) is 11.7 Å². The van der Waals surface area contributed by atoms with Gasteiger partial charge in [-0.05, 0) is 12.3 Å². The summed E-state index contributed by atoms with van der Waals surface area (Å²) in [6.07, 6.45) is 4.78. The van der Waals surface area contributed by atoms with E-state index in [2.05, 4.69) is 0 Å². The number of nitrogens with two attached hydrogens (primary N) is 1. The van der Waals surface area contributed by atoms with Crippen molar-refractivity contribution in [2.75, 3.05) is 6.61 Å². The molecule has 1 saturated carbocycles. The van der Waals surface area contributed by atoms with Gasteiger partial charge in [0.05, 0.1) is 12.7 Å². The lowest BCUT2D eigenvalue weighted by Gasteiger charge is -2.28. The van der Waals surface area contributed by atoms with E-state index in [0.29, 0.717) is 5.92 Å². The van der Waals surface area contributed by atoms with Crippen molar-refractivity contribution in [3.05, 3.63) is 0 Å². The zero-order valence-electron chi connectivity index (χ0n) is 9.18. The smallest absolute Gasteiger partial charge is 0.104 e. The Morgan fingerprint density at radius 3 is 2.27 bits per heavy atom. The summed E-state index contributed by atoms with van der Waals surface area (Å²) in [5.41, 5.74) is 5.80. The van der Waals surface area contributed by atoms with Crippen LogP contribution in [-0.2, 0) is 0 Å². The molecule has 4 heteroatoms. The number of aliphatic hydroxyl groups excluding tert-OH is 3. The van der Waals surface area contributed by atoms with E-state index in [1.54, 1.807) is 0 Å². The zero-order valence-corrected chi connectivity index (χ0v) is 9.18. The third-order valence-electron chi connectivity index (χ3n) is 3.35. The third-order valence-corrected chi connectivity index (χ3v) is 3.35. The molecule has 1 aliphatic carbocycles. The van der Waals surface area contributed by atoms with Crippen LogP contribution in [0.4, 0.5) is 0 Å². The van der Waals surface area contributed by atoms with Gasteiger partial charge in [-0.3, -0.25) is 0 Å². The van der Waals surface area contributed by atoms with Crippen LogP contribution in [0.25, 0.3) is 0 Å². The van der Waals surface area contributed by atoms with Crippen LogP contribution in [0.1, 0.15) is 38.5 Å². The lowest BCUT2D eigenvalue weighted by atomic mass is 9.83. The highest BCUT2D eigenvalue weighted by Crippen LogP contribution is 2.27. The Kier molecular flexibility index (Phi) is 5.53. The van der Waals surface area contributed by atoms with Crippen LogP contribution in [-0.4, -0.2) is 40.2 Å². The lowest BCUT2D eigenvalue weighted by molar-refractivity contribution is -0.0298. The van der Waals surface area contributed by atoms with E-state index in [1.807, 2.05) is 0 Å². The van der Waals surface area contributed by atoms with Crippen molar-refractivity contribution in [2.45, 2.75) is 56.8 Å². The first-order chi connectivity index (χ1) is 7.15. The molecule has 0 aromatic heterocycles. The SMILES string of the molecule is N[C@@H](CC1CCCCC1)[C@@H](O)C(O)CO. The summed E-state index contributed by atoms with van der Waals surface area (Å²) in [4.78, 5) is 0. The van der Waals surface area contributed by atoms with Crippen LogP contribution < -0.4 is 5.73 Å². The molecule has 0 radical (unpaired) electrons. The van der Waals surface area contributed by atoms with E-state index in [4.69, 9.17) is 10.8 Å². The Morgan fingerprint density at radius 1 is 1.13 bits per heavy atom. The monoisotopic (exact) mass is 217 g/mol. The predicted molar refractivity (Wildman–Crippen MR) is 58.3 cm³/mol. The normalized spacial score (nSPS) is 24.8. The minimum Gasteiger partial charge on any atom is -0.394 e. The molecule has 1 rings (SSSR count). The largest absolute Gasteiger partial charge is 0.394 e. The maximum absolute atomic E-state index is 9.58. The number of aliphatic hydroxyl groups is 3. The van der Waals surface area contributed by atoms with Gasteiger partial charge in [0, 0.05) is 6.04 Å². The van der Waals surface area contributed by atoms with Crippen LogP contribution in [0.2, 0.25) is 0 Å². The summed E-state index contributed by atoms with van der Waals surface area (Å²) in [5, 5.41) is 27.5. The maximum atomic E-state index is 9.58.